The Kier molecular flexibility index (Phi) is 3.71. The zero-order valence-corrected chi connectivity index (χ0v) is 10.4. The lowest BCUT2D eigenvalue weighted by Gasteiger charge is -2.00. The summed E-state index contributed by atoms with van der Waals surface area (Å²) >= 11 is 0. The molecule has 2 aromatic rings. The van der Waals surface area contributed by atoms with Crippen molar-refractivity contribution in [2.45, 2.75) is 6.54 Å². The minimum Gasteiger partial charge on any atom is -0.358 e. The molecular formula is C11H14N6O2. The van der Waals surface area contributed by atoms with E-state index in [2.05, 4.69) is 9.97 Å². The summed E-state index contributed by atoms with van der Waals surface area (Å²) in [6, 6.07) is 0. The minimum atomic E-state index is -0.471. The Morgan fingerprint density at radius 1 is 1.42 bits per heavy atom. The van der Waals surface area contributed by atoms with Crippen molar-refractivity contribution in [1.82, 2.24) is 19.1 Å². The van der Waals surface area contributed by atoms with Gasteiger partial charge in [0.1, 0.15) is 18.6 Å². The van der Waals surface area contributed by atoms with Crippen LogP contribution in [-0.2, 0) is 13.6 Å². The van der Waals surface area contributed by atoms with E-state index in [0.29, 0.717) is 18.9 Å². The number of nitrogens with zero attached hydrogens (tertiary/aromatic N) is 5. The van der Waals surface area contributed by atoms with Crippen molar-refractivity contribution >= 4 is 18.0 Å². The number of imidazole rings is 2. The lowest BCUT2D eigenvalue weighted by atomic mass is 10.4. The molecule has 0 saturated heterocycles. The fourth-order valence-electron chi connectivity index (χ4n) is 1.70. The van der Waals surface area contributed by atoms with Crippen LogP contribution in [0.5, 0.6) is 0 Å². The number of nitro groups is 1. The van der Waals surface area contributed by atoms with Gasteiger partial charge in [0.25, 0.3) is 0 Å². The van der Waals surface area contributed by atoms with E-state index < -0.39 is 4.92 Å². The Labute approximate surface area is 109 Å². The lowest BCUT2D eigenvalue weighted by Crippen LogP contribution is -2.13. The van der Waals surface area contributed by atoms with Crippen molar-refractivity contribution in [2.75, 3.05) is 6.54 Å². The molecule has 0 amide bonds. The van der Waals surface area contributed by atoms with Gasteiger partial charge < -0.3 is 20.4 Å². The Balaban J connectivity index is 2.32. The van der Waals surface area contributed by atoms with Gasteiger partial charge in [-0.2, -0.15) is 0 Å². The van der Waals surface area contributed by atoms with Crippen molar-refractivity contribution in [3.8, 4) is 0 Å². The van der Waals surface area contributed by atoms with Crippen LogP contribution < -0.4 is 5.73 Å². The predicted octanol–water partition coefficient (Wildman–Crippen LogP) is 0.654. The fourth-order valence-corrected chi connectivity index (χ4v) is 1.70. The molecule has 0 aromatic carbocycles. The van der Waals surface area contributed by atoms with Gasteiger partial charge in [-0.05, 0) is 11.0 Å². The van der Waals surface area contributed by atoms with Crippen molar-refractivity contribution in [2.24, 2.45) is 12.8 Å². The van der Waals surface area contributed by atoms with E-state index in [4.69, 9.17) is 5.73 Å². The Morgan fingerprint density at radius 2 is 2.16 bits per heavy atom. The van der Waals surface area contributed by atoms with Crippen molar-refractivity contribution in [1.29, 1.82) is 0 Å². The molecule has 8 heteroatoms. The molecule has 2 N–H and O–H groups in total. The second kappa shape index (κ2) is 5.44. The Bertz CT molecular complexity index is 612. The fraction of sp³-hybridized carbons (Fsp3) is 0.273. The normalized spacial score (nSPS) is 11.3. The number of hydrogen-bond donors (Lipinski definition) is 1. The SMILES string of the molecule is Cn1ccnc1/C=C/c1ncc([N+](=O)[O-])n1CCN. The van der Waals surface area contributed by atoms with Crippen LogP contribution in [-0.4, -0.2) is 30.6 Å². The second-order valence-electron chi connectivity index (χ2n) is 3.90. The molecule has 2 heterocycles. The molecular weight excluding hydrogens is 248 g/mol. The van der Waals surface area contributed by atoms with Gasteiger partial charge >= 0.3 is 5.82 Å². The number of aromatic nitrogens is 4. The summed E-state index contributed by atoms with van der Waals surface area (Å²) in [6.07, 6.45) is 8.15. The highest BCUT2D eigenvalue weighted by molar-refractivity contribution is 5.64. The van der Waals surface area contributed by atoms with Crippen LogP contribution in [0, 0.1) is 10.1 Å². The molecule has 0 unspecified atom stereocenters. The summed E-state index contributed by atoms with van der Waals surface area (Å²) in [5.41, 5.74) is 5.46. The van der Waals surface area contributed by atoms with Crippen molar-refractivity contribution in [3.05, 3.63) is 40.4 Å². The summed E-state index contributed by atoms with van der Waals surface area (Å²) in [5, 5.41) is 10.9. The van der Waals surface area contributed by atoms with E-state index in [1.54, 1.807) is 18.3 Å². The summed E-state index contributed by atoms with van der Waals surface area (Å²) in [4.78, 5) is 18.5. The summed E-state index contributed by atoms with van der Waals surface area (Å²) in [6.45, 7) is 0.650. The average Bonchev–Trinajstić information content (AvgIpc) is 2.94. The largest absolute Gasteiger partial charge is 0.358 e. The van der Waals surface area contributed by atoms with Crippen LogP contribution in [0.3, 0.4) is 0 Å². The van der Waals surface area contributed by atoms with Crippen LogP contribution in [0.25, 0.3) is 12.2 Å². The van der Waals surface area contributed by atoms with Crippen molar-refractivity contribution < 1.29 is 4.92 Å². The average molecular weight is 262 g/mol. The molecule has 0 fully saturated rings. The van der Waals surface area contributed by atoms with Crippen LogP contribution in [0.4, 0.5) is 5.82 Å². The van der Waals surface area contributed by atoms with E-state index >= 15 is 0 Å². The predicted molar refractivity (Wildman–Crippen MR) is 70.1 cm³/mol. The third-order valence-corrected chi connectivity index (χ3v) is 2.65. The minimum absolute atomic E-state index is 0.0649. The lowest BCUT2D eigenvalue weighted by molar-refractivity contribution is -0.392. The molecule has 0 spiro atoms. The van der Waals surface area contributed by atoms with Gasteiger partial charge in [0.15, 0.2) is 0 Å². The number of nitrogens with two attached hydrogens (primary N) is 1. The third kappa shape index (κ3) is 2.68. The molecule has 2 rings (SSSR count). The quantitative estimate of drug-likeness (QED) is 0.629. The summed E-state index contributed by atoms with van der Waals surface area (Å²) in [7, 11) is 1.86. The standard InChI is InChI=1S/C11H14N6O2/c1-15-7-5-13-9(15)2-3-10-14-8-11(17(18)19)16(10)6-4-12/h2-3,5,7-8H,4,6,12H2,1H3/b3-2+. The van der Waals surface area contributed by atoms with Gasteiger partial charge in [-0.1, -0.05) is 0 Å². The molecule has 19 heavy (non-hydrogen) atoms. The number of hydrogen-bond acceptors (Lipinski definition) is 5. The van der Waals surface area contributed by atoms with E-state index in [1.807, 2.05) is 17.8 Å². The van der Waals surface area contributed by atoms with Gasteiger partial charge in [0.2, 0.25) is 5.82 Å². The molecule has 8 nitrogen and oxygen atoms in total. The monoisotopic (exact) mass is 262 g/mol. The number of rotatable bonds is 5. The highest BCUT2D eigenvalue weighted by Crippen LogP contribution is 2.15. The molecule has 0 atom stereocenters. The maximum atomic E-state index is 10.9. The smallest absolute Gasteiger partial charge is 0.343 e. The first-order valence-corrected chi connectivity index (χ1v) is 5.69. The van der Waals surface area contributed by atoms with Crippen LogP contribution >= 0.6 is 0 Å². The van der Waals surface area contributed by atoms with Gasteiger partial charge in [0, 0.05) is 32.1 Å². The van der Waals surface area contributed by atoms with Gasteiger partial charge in [-0.3, -0.25) is 0 Å². The highest BCUT2D eigenvalue weighted by atomic mass is 16.6. The zero-order chi connectivity index (χ0) is 13.8. The zero-order valence-electron chi connectivity index (χ0n) is 10.4. The second-order valence-corrected chi connectivity index (χ2v) is 3.90. The van der Waals surface area contributed by atoms with Gasteiger partial charge in [-0.15, -0.1) is 0 Å². The van der Waals surface area contributed by atoms with Crippen LogP contribution in [0.2, 0.25) is 0 Å². The Morgan fingerprint density at radius 3 is 2.74 bits per heavy atom. The van der Waals surface area contributed by atoms with Gasteiger partial charge in [-0.25, -0.2) is 14.5 Å². The van der Waals surface area contributed by atoms with E-state index in [1.165, 1.54) is 10.8 Å². The molecule has 2 aromatic heterocycles. The van der Waals surface area contributed by atoms with E-state index in [0.717, 1.165) is 5.82 Å². The molecule has 100 valence electrons. The first-order chi connectivity index (χ1) is 9.13. The number of aryl methyl sites for hydroxylation is 1. The van der Waals surface area contributed by atoms with Gasteiger partial charge in [0.05, 0.1) is 0 Å². The van der Waals surface area contributed by atoms with Crippen molar-refractivity contribution in [3.63, 3.8) is 0 Å². The molecule has 0 aliphatic heterocycles. The van der Waals surface area contributed by atoms with E-state index in [-0.39, 0.29) is 5.82 Å². The molecule has 0 aliphatic carbocycles. The highest BCUT2D eigenvalue weighted by Gasteiger charge is 2.17. The van der Waals surface area contributed by atoms with E-state index in [9.17, 15) is 10.1 Å². The molecule has 0 aliphatic rings. The first-order valence-electron chi connectivity index (χ1n) is 5.69. The summed E-state index contributed by atoms with van der Waals surface area (Å²) in [5.74, 6) is 1.16. The molecule has 0 radical (unpaired) electrons. The molecule has 0 saturated carbocycles. The maximum Gasteiger partial charge on any atom is 0.343 e. The molecule has 0 bridgehead atoms. The van der Waals surface area contributed by atoms with Crippen LogP contribution in [0.15, 0.2) is 18.6 Å². The topological polar surface area (TPSA) is 105 Å². The van der Waals surface area contributed by atoms with Crippen LogP contribution in [0.1, 0.15) is 11.6 Å². The summed E-state index contributed by atoms with van der Waals surface area (Å²) < 4.78 is 3.31. The maximum absolute atomic E-state index is 10.9. The third-order valence-electron chi connectivity index (χ3n) is 2.65. The Hall–Kier alpha value is -2.48. The first kappa shape index (κ1) is 13.0.